The Bertz CT molecular complexity index is 879. The van der Waals surface area contributed by atoms with Crippen molar-refractivity contribution < 1.29 is 23.8 Å². The number of hydrogen-bond donors (Lipinski definition) is 1. The Hall–Kier alpha value is -2.57. The van der Waals surface area contributed by atoms with E-state index >= 15 is 0 Å². The number of hydrogen-bond acceptors (Lipinski definition) is 5. The summed E-state index contributed by atoms with van der Waals surface area (Å²) in [5, 5.41) is 9.41. The van der Waals surface area contributed by atoms with Crippen LogP contribution in [0.25, 0.3) is 11.1 Å². The number of carboxylic acid groups (broad SMARTS) is 1. The Morgan fingerprint density at radius 2 is 2.00 bits per heavy atom. The highest BCUT2D eigenvalue weighted by atomic mass is 16.6. The van der Waals surface area contributed by atoms with Crippen LogP contribution in [-0.2, 0) is 26.3 Å². The molecule has 2 aromatic rings. The van der Waals surface area contributed by atoms with Crippen LogP contribution in [0.4, 0.5) is 0 Å². The molecule has 0 unspecified atom stereocenters. The molecule has 0 saturated heterocycles. The maximum Gasteiger partial charge on any atom is 0.420 e. The number of oxazole rings is 1. The van der Waals surface area contributed by atoms with E-state index in [1.165, 1.54) is 4.57 Å². The molecule has 3 rings (SSSR count). The van der Waals surface area contributed by atoms with Crippen molar-refractivity contribution in [2.24, 2.45) is 0 Å². The third-order valence-corrected chi connectivity index (χ3v) is 4.09. The van der Waals surface area contributed by atoms with E-state index in [2.05, 4.69) is 0 Å². The van der Waals surface area contributed by atoms with Gasteiger partial charge in [0.05, 0.1) is 10.9 Å². The van der Waals surface area contributed by atoms with Crippen LogP contribution in [0.2, 0.25) is 0 Å². The number of aliphatic carboxylic acids is 1. The van der Waals surface area contributed by atoms with Gasteiger partial charge in [0, 0.05) is 0 Å². The molecule has 1 aliphatic rings. The number of nitrogens with zero attached hydrogens (tertiary/aromatic N) is 1. The first-order valence-electron chi connectivity index (χ1n) is 7.71. The largest absolute Gasteiger partial charge is 0.481 e. The predicted molar refractivity (Wildman–Crippen MR) is 84.9 cm³/mol. The Labute approximate surface area is 137 Å². The lowest BCUT2D eigenvalue weighted by molar-refractivity contribution is -0.155. The average molecular weight is 333 g/mol. The van der Waals surface area contributed by atoms with Crippen LogP contribution in [0.3, 0.4) is 0 Å². The van der Waals surface area contributed by atoms with Gasteiger partial charge in [0.1, 0.15) is 12.1 Å². The molecule has 1 aromatic carbocycles. The lowest BCUT2D eigenvalue weighted by atomic mass is 9.96. The molecule has 0 bridgehead atoms. The maximum atomic E-state index is 12.0. The van der Waals surface area contributed by atoms with Gasteiger partial charge < -0.3 is 14.3 Å². The topological polar surface area (TPSA) is 98.7 Å². The van der Waals surface area contributed by atoms with E-state index < -0.39 is 28.7 Å². The number of carboxylic acids is 1. The lowest BCUT2D eigenvalue weighted by Gasteiger charge is -2.19. The van der Waals surface area contributed by atoms with Crippen LogP contribution in [0.5, 0.6) is 0 Å². The number of rotatable bonds is 4. The third kappa shape index (κ3) is 2.81. The van der Waals surface area contributed by atoms with Gasteiger partial charge in [0.2, 0.25) is 0 Å². The highest BCUT2D eigenvalue weighted by Gasteiger charge is 2.51. The number of aromatic nitrogens is 1. The minimum absolute atomic E-state index is 0.285. The predicted octanol–water partition coefficient (Wildman–Crippen LogP) is 2.05. The molecule has 1 aliphatic carbocycles. The minimum Gasteiger partial charge on any atom is -0.481 e. The standard InChI is InChI=1S/C17H19NO6/c1-16(2,3)24-13(19)9-18-11-8-10(17(6-7-17)14(20)21)4-5-12(11)23-15(18)22/h4-5,8H,6-7,9H2,1-3H3,(H,20,21). The van der Waals surface area contributed by atoms with Crippen LogP contribution in [0, 0.1) is 0 Å². The second kappa shape index (κ2) is 5.22. The van der Waals surface area contributed by atoms with Gasteiger partial charge in [0.15, 0.2) is 5.58 Å². The zero-order valence-corrected chi connectivity index (χ0v) is 13.8. The fourth-order valence-electron chi connectivity index (χ4n) is 2.76. The Kier molecular flexibility index (Phi) is 3.55. The molecule has 24 heavy (non-hydrogen) atoms. The van der Waals surface area contributed by atoms with E-state index in [4.69, 9.17) is 9.15 Å². The van der Waals surface area contributed by atoms with Crippen molar-refractivity contribution in [1.29, 1.82) is 0 Å². The van der Waals surface area contributed by atoms with Crippen LogP contribution in [-0.4, -0.2) is 27.2 Å². The second-order valence-corrected chi connectivity index (χ2v) is 7.11. The monoisotopic (exact) mass is 333 g/mol. The summed E-state index contributed by atoms with van der Waals surface area (Å²) in [7, 11) is 0. The van der Waals surface area contributed by atoms with Gasteiger partial charge in [-0.3, -0.25) is 14.2 Å². The molecule has 7 heteroatoms. The molecule has 0 amide bonds. The summed E-state index contributed by atoms with van der Waals surface area (Å²) < 4.78 is 11.5. The van der Waals surface area contributed by atoms with Crippen LogP contribution >= 0.6 is 0 Å². The fraction of sp³-hybridized carbons (Fsp3) is 0.471. The zero-order valence-electron chi connectivity index (χ0n) is 13.8. The van der Waals surface area contributed by atoms with Gasteiger partial charge in [0.25, 0.3) is 0 Å². The van der Waals surface area contributed by atoms with Gasteiger partial charge in [-0.2, -0.15) is 0 Å². The van der Waals surface area contributed by atoms with E-state index in [9.17, 15) is 19.5 Å². The SMILES string of the molecule is CC(C)(C)OC(=O)Cn1c(=O)oc2ccc(C3(C(=O)O)CC3)cc21. The minimum atomic E-state index is -0.891. The number of carbonyl (C=O) groups excluding carboxylic acids is 1. The quantitative estimate of drug-likeness (QED) is 0.860. The van der Waals surface area contributed by atoms with Crippen LogP contribution in [0.15, 0.2) is 27.4 Å². The van der Waals surface area contributed by atoms with Crippen LogP contribution < -0.4 is 5.76 Å². The Morgan fingerprint density at radius 1 is 1.33 bits per heavy atom. The molecule has 0 aliphatic heterocycles. The van der Waals surface area contributed by atoms with Gasteiger partial charge in [-0.1, -0.05) is 6.07 Å². The number of carbonyl (C=O) groups is 2. The first-order valence-corrected chi connectivity index (χ1v) is 7.71. The van der Waals surface area contributed by atoms with E-state index in [0.717, 1.165) is 0 Å². The average Bonchev–Trinajstić information content (AvgIpc) is 3.20. The molecular formula is C17H19NO6. The van der Waals surface area contributed by atoms with Crippen molar-refractivity contribution in [2.75, 3.05) is 0 Å². The molecule has 0 radical (unpaired) electrons. The second-order valence-electron chi connectivity index (χ2n) is 7.11. The first kappa shape index (κ1) is 16.3. The van der Waals surface area contributed by atoms with Crippen LogP contribution in [0.1, 0.15) is 39.2 Å². The molecule has 0 atom stereocenters. The Balaban J connectivity index is 1.99. The number of benzene rings is 1. The molecule has 0 spiro atoms. The summed E-state index contributed by atoms with van der Waals surface area (Å²) in [6.45, 7) is 4.93. The summed E-state index contributed by atoms with van der Waals surface area (Å²) >= 11 is 0. The van der Waals surface area contributed by atoms with Crippen molar-refractivity contribution in [3.8, 4) is 0 Å². The molecule has 1 aromatic heterocycles. The lowest BCUT2D eigenvalue weighted by Crippen LogP contribution is -2.29. The summed E-state index contributed by atoms with van der Waals surface area (Å²) in [6.07, 6.45) is 1.12. The molecule has 128 valence electrons. The molecule has 1 N–H and O–H groups in total. The highest BCUT2D eigenvalue weighted by molar-refractivity contribution is 5.87. The summed E-state index contributed by atoms with van der Waals surface area (Å²) in [5.74, 6) is -2.11. The molecular weight excluding hydrogens is 314 g/mol. The maximum absolute atomic E-state index is 12.0. The van der Waals surface area contributed by atoms with Gasteiger partial charge in [-0.25, -0.2) is 4.79 Å². The molecule has 7 nitrogen and oxygen atoms in total. The van der Waals surface area contributed by atoms with E-state index in [-0.39, 0.29) is 6.54 Å². The van der Waals surface area contributed by atoms with E-state index in [1.807, 2.05) is 0 Å². The smallest absolute Gasteiger partial charge is 0.420 e. The summed E-state index contributed by atoms with van der Waals surface area (Å²) in [5.41, 5.74) is -0.226. The zero-order chi connectivity index (χ0) is 17.7. The van der Waals surface area contributed by atoms with Crippen molar-refractivity contribution in [3.63, 3.8) is 0 Å². The number of ether oxygens (including phenoxy) is 1. The normalized spacial score (nSPS) is 16.1. The van der Waals surface area contributed by atoms with Crippen molar-refractivity contribution in [1.82, 2.24) is 4.57 Å². The van der Waals surface area contributed by atoms with Crippen molar-refractivity contribution in [3.05, 3.63) is 34.3 Å². The number of fused-ring (bicyclic) bond motifs is 1. The summed E-state index contributed by atoms with van der Waals surface area (Å²) in [4.78, 5) is 35.5. The van der Waals surface area contributed by atoms with E-state index in [0.29, 0.717) is 29.5 Å². The van der Waals surface area contributed by atoms with Gasteiger partial charge in [-0.05, 0) is 51.3 Å². The van der Waals surface area contributed by atoms with Gasteiger partial charge >= 0.3 is 17.7 Å². The van der Waals surface area contributed by atoms with E-state index in [1.54, 1.807) is 39.0 Å². The van der Waals surface area contributed by atoms with Gasteiger partial charge in [-0.15, -0.1) is 0 Å². The molecule has 1 fully saturated rings. The van der Waals surface area contributed by atoms with Crippen molar-refractivity contribution >= 4 is 23.0 Å². The first-order chi connectivity index (χ1) is 11.1. The molecule has 1 saturated carbocycles. The highest BCUT2D eigenvalue weighted by Crippen LogP contribution is 2.48. The summed E-state index contributed by atoms with van der Waals surface area (Å²) in [6, 6.07) is 4.84. The Morgan fingerprint density at radius 3 is 2.54 bits per heavy atom. The fourth-order valence-corrected chi connectivity index (χ4v) is 2.76. The third-order valence-electron chi connectivity index (χ3n) is 4.09. The number of esters is 1. The van der Waals surface area contributed by atoms with Crippen molar-refractivity contribution in [2.45, 2.75) is 51.2 Å². The molecule has 1 heterocycles.